The lowest BCUT2D eigenvalue weighted by Crippen LogP contribution is -2.77. The molecule has 4 aliphatic rings. The number of cyclic esters (lactones) is 1. The first-order valence-corrected chi connectivity index (χ1v) is 15.3. The Morgan fingerprint density at radius 2 is 1.82 bits per heavy atom. The van der Waals surface area contributed by atoms with Crippen LogP contribution in [0.2, 0.25) is 0 Å². The van der Waals surface area contributed by atoms with Crippen molar-refractivity contribution in [1.82, 2.24) is 0 Å². The molecule has 1 aromatic heterocycles. The number of esters is 4. The van der Waals surface area contributed by atoms with E-state index in [-0.39, 0.29) is 18.4 Å². The van der Waals surface area contributed by atoms with Crippen LogP contribution in [-0.2, 0) is 42.9 Å². The minimum absolute atomic E-state index is 0.0579. The molecule has 2 bridgehead atoms. The molecule has 11 heteroatoms. The minimum Gasteiger partial charge on any atom is -0.472 e. The highest BCUT2D eigenvalue weighted by molar-refractivity contribution is 5.99. The number of carbonyl (C=O) groups excluding carboxylic acids is 5. The van der Waals surface area contributed by atoms with E-state index in [1.54, 1.807) is 46.8 Å². The van der Waals surface area contributed by atoms with Gasteiger partial charge in [-0.25, -0.2) is 9.59 Å². The Bertz CT molecular complexity index is 1500. The molecule has 244 valence electrons. The van der Waals surface area contributed by atoms with Crippen molar-refractivity contribution in [2.75, 3.05) is 7.11 Å². The SMILES string of the molecule is C/C=C(\C)C(=O)O[C@@H]1C(C)(C)[C@@H]([C@H](OC(C)=O)C(=O)OC)[C@@]2(C)C(=O)[C@@]1(O)CC1=C3CC(=O)O[C@@H](c4ccoc4)[C@@]3(C)CC[C@H]12. The van der Waals surface area contributed by atoms with E-state index in [9.17, 15) is 29.1 Å². The van der Waals surface area contributed by atoms with E-state index in [4.69, 9.17) is 23.4 Å². The third-order valence-electron chi connectivity index (χ3n) is 11.1. The number of hydrogen-bond donors (Lipinski definition) is 1. The van der Waals surface area contributed by atoms with Gasteiger partial charge in [-0.3, -0.25) is 14.4 Å². The second-order valence-corrected chi connectivity index (χ2v) is 13.9. The van der Waals surface area contributed by atoms with Crippen LogP contribution >= 0.6 is 0 Å². The standard InChI is InChI=1S/C34H42O11/c1-9-17(2)27(37)45-30-31(4,5)25(24(28(38)41-8)43-18(3)35)33(7)21-10-12-32(6)22(20(21)15-34(30,40)29(33)39)14-23(36)44-26(32)19-11-13-42-16-19/h9,11,13,16,21,24-26,30,40H,10,12,14-15H2,1-8H3/b17-9+/t21-,24+,25-,26+,30-,32+,33+,34+/m1/s1. The van der Waals surface area contributed by atoms with E-state index in [1.165, 1.54) is 12.5 Å². The van der Waals surface area contributed by atoms with Gasteiger partial charge in [-0.05, 0) is 44.2 Å². The Kier molecular flexibility index (Phi) is 7.95. The molecule has 2 heterocycles. The van der Waals surface area contributed by atoms with Gasteiger partial charge in [0.05, 0.1) is 26.1 Å². The van der Waals surface area contributed by atoms with E-state index in [1.807, 2.05) is 6.92 Å². The number of Topliss-reactive ketones (excluding diaryl/α,β-unsaturated/α-hetero) is 1. The van der Waals surface area contributed by atoms with Crippen LogP contribution in [0.25, 0.3) is 0 Å². The van der Waals surface area contributed by atoms with Gasteiger partial charge in [-0.15, -0.1) is 0 Å². The van der Waals surface area contributed by atoms with Crippen molar-refractivity contribution in [3.63, 3.8) is 0 Å². The molecule has 5 rings (SSSR count). The van der Waals surface area contributed by atoms with Gasteiger partial charge in [0.2, 0.25) is 6.10 Å². The van der Waals surface area contributed by atoms with E-state index in [0.717, 1.165) is 19.6 Å². The fourth-order valence-electron chi connectivity index (χ4n) is 9.09. The number of fused-ring (bicyclic) bond motifs is 5. The lowest BCUT2D eigenvalue weighted by molar-refractivity contribution is -0.247. The van der Waals surface area contributed by atoms with Gasteiger partial charge in [0.15, 0.2) is 11.4 Å². The average molecular weight is 627 g/mol. The number of furan rings is 1. The van der Waals surface area contributed by atoms with Crippen LogP contribution in [-0.4, -0.2) is 59.7 Å². The second kappa shape index (κ2) is 11.0. The molecule has 8 atom stereocenters. The topological polar surface area (TPSA) is 156 Å². The largest absolute Gasteiger partial charge is 0.472 e. The summed E-state index contributed by atoms with van der Waals surface area (Å²) in [6.07, 6.45) is 1.65. The summed E-state index contributed by atoms with van der Waals surface area (Å²) in [7, 11) is 1.16. The Morgan fingerprint density at radius 1 is 1.13 bits per heavy atom. The zero-order valence-electron chi connectivity index (χ0n) is 27.1. The molecule has 1 aliphatic heterocycles. The molecular formula is C34H42O11. The quantitative estimate of drug-likeness (QED) is 0.208. The lowest BCUT2D eigenvalue weighted by Gasteiger charge is -2.66. The molecule has 3 aliphatic carbocycles. The van der Waals surface area contributed by atoms with Crippen LogP contribution in [0.3, 0.4) is 0 Å². The van der Waals surface area contributed by atoms with Crippen molar-refractivity contribution in [3.8, 4) is 0 Å². The average Bonchev–Trinajstić information content (AvgIpc) is 3.51. The molecule has 1 saturated heterocycles. The molecule has 3 fully saturated rings. The van der Waals surface area contributed by atoms with E-state index >= 15 is 0 Å². The van der Waals surface area contributed by atoms with Crippen LogP contribution in [0.5, 0.6) is 0 Å². The maximum absolute atomic E-state index is 14.8. The number of aliphatic hydroxyl groups is 1. The summed E-state index contributed by atoms with van der Waals surface area (Å²) >= 11 is 0. The maximum atomic E-state index is 14.8. The van der Waals surface area contributed by atoms with Gasteiger partial charge < -0.3 is 28.5 Å². The Labute approximate surface area is 262 Å². The molecule has 0 aromatic carbocycles. The molecule has 11 nitrogen and oxygen atoms in total. The highest BCUT2D eigenvalue weighted by atomic mass is 16.6. The number of ketones is 1. The summed E-state index contributed by atoms with van der Waals surface area (Å²) in [6, 6.07) is 1.74. The number of carbonyl (C=O) groups is 5. The Balaban J connectivity index is 1.79. The highest BCUT2D eigenvalue weighted by Gasteiger charge is 2.76. The van der Waals surface area contributed by atoms with Gasteiger partial charge in [0.1, 0.15) is 12.2 Å². The lowest BCUT2D eigenvalue weighted by atomic mass is 9.39. The predicted octanol–water partition coefficient (Wildman–Crippen LogP) is 4.33. The van der Waals surface area contributed by atoms with Crippen LogP contribution in [0, 0.1) is 28.1 Å². The first-order valence-electron chi connectivity index (χ1n) is 15.3. The summed E-state index contributed by atoms with van der Waals surface area (Å²) in [5.41, 5.74) is -3.33. The monoisotopic (exact) mass is 626 g/mol. The fourth-order valence-corrected chi connectivity index (χ4v) is 9.09. The smallest absolute Gasteiger partial charge is 0.347 e. The molecule has 45 heavy (non-hydrogen) atoms. The van der Waals surface area contributed by atoms with Gasteiger partial charge in [-0.1, -0.05) is 39.3 Å². The highest BCUT2D eigenvalue weighted by Crippen LogP contribution is 2.69. The second-order valence-electron chi connectivity index (χ2n) is 13.9. The first-order chi connectivity index (χ1) is 21.0. The number of rotatable bonds is 6. The number of allylic oxidation sites excluding steroid dienone is 1. The van der Waals surface area contributed by atoms with Crippen LogP contribution in [0.15, 0.2) is 45.8 Å². The normalized spacial score (nSPS) is 36.2. The van der Waals surface area contributed by atoms with Crippen LogP contribution in [0.4, 0.5) is 0 Å². The van der Waals surface area contributed by atoms with Crippen molar-refractivity contribution < 1.29 is 52.4 Å². The van der Waals surface area contributed by atoms with Crippen LogP contribution in [0.1, 0.15) is 85.8 Å². The summed E-state index contributed by atoms with van der Waals surface area (Å²) < 4.78 is 27.9. The third kappa shape index (κ3) is 4.68. The molecular weight excluding hydrogens is 584 g/mol. The first kappa shape index (κ1) is 32.7. The molecule has 2 saturated carbocycles. The Hall–Kier alpha value is -3.73. The summed E-state index contributed by atoms with van der Waals surface area (Å²) in [6.45, 7) is 11.5. The molecule has 0 unspecified atom stereocenters. The zero-order valence-corrected chi connectivity index (χ0v) is 27.1. The van der Waals surface area contributed by atoms with Crippen molar-refractivity contribution in [2.24, 2.45) is 28.1 Å². The number of hydrogen-bond acceptors (Lipinski definition) is 11. The van der Waals surface area contributed by atoms with E-state index < -0.39 is 81.7 Å². The molecule has 1 aromatic rings. The summed E-state index contributed by atoms with van der Waals surface area (Å²) in [5.74, 6) is -5.08. The van der Waals surface area contributed by atoms with Crippen LogP contribution < -0.4 is 0 Å². The number of methoxy groups -OCH3 is 1. The third-order valence-corrected chi connectivity index (χ3v) is 11.1. The molecule has 0 amide bonds. The molecule has 0 radical (unpaired) electrons. The van der Waals surface area contributed by atoms with E-state index in [2.05, 4.69) is 0 Å². The summed E-state index contributed by atoms with van der Waals surface area (Å²) in [4.78, 5) is 67.0. The predicted molar refractivity (Wildman–Crippen MR) is 157 cm³/mol. The van der Waals surface area contributed by atoms with Crippen molar-refractivity contribution in [2.45, 2.75) is 98.1 Å². The maximum Gasteiger partial charge on any atom is 0.347 e. The number of ether oxygens (including phenoxy) is 4. The molecule has 0 spiro atoms. The minimum atomic E-state index is -2.22. The van der Waals surface area contributed by atoms with Gasteiger partial charge in [-0.2, -0.15) is 0 Å². The summed E-state index contributed by atoms with van der Waals surface area (Å²) in [5, 5.41) is 12.6. The zero-order chi connectivity index (χ0) is 33.3. The Morgan fingerprint density at radius 3 is 2.40 bits per heavy atom. The van der Waals surface area contributed by atoms with Crippen molar-refractivity contribution >= 4 is 29.7 Å². The van der Waals surface area contributed by atoms with Crippen molar-refractivity contribution in [3.05, 3.63) is 47.0 Å². The van der Waals surface area contributed by atoms with E-state index in [0.29, 0.717) is 24.0 Å². The van der Waals surface area contributed by atoms with Crippen molar-refractivity contribution in [1.29, 1.82) is 0 Å². The van der Waals surface area contributed by atoms with Gasteiger partial charge in [0.25, 0.3) is 0 Å². The fraction of sp³-hybridized carbons (Fsp3) is 0.618. The van der Waals surface area contributed by atoms with Gasteiger partial charge >= 0.3 is 23.9 Å². The molecule has 1 N–H and O–H groups in total. The van der Waals surface area contributed by atoms with Gasteiger partial charge in [0, 0.05) is 46.6 Å².